The lowest BCUT2D eigenvalue weighted by Crippen LogP contribution is -2.47. The predicted octanol–water partition coefficient (Wildman–Crippen LogP) is 0.419. The van der Waals surface area contributed by atoms with Gasteiger partial charge in [-0.25, -0.2) is 8.42 Å². The molecule has 0 spiro atoms. The molecule has 102 valence electrons. The van der Waals surface area contributed by atoms with Crippen LogP contribution in [0.15, 0.2) is 0 Å². The minimum Gasteiger partial charge on any atom is -0.390 e. The molecule has 0 bridgehead atoms. The lowest BCUT2D eigenvalue weighted by Gasteiger charge is -2.30. The zero-order valence-corrected chi connectivity index (χ0v) is 10.3. The first-order chi connectivity index (χ1) is 7.64. The maximum absolute atomic E-state index is 12.3. The summed E-state index contributed by atoms with van der Waals surface area (Å²) in [5.41, 5.74) is 0. The van der Waals surface area contributed by atoms with Gasteiger partial charge in [-0.1, -0.05) is 6.92 Å². The van der Waals surface area contributed by atoms with Crippen LogP contribution in [-0.2, 0) is 9.84 Å². The van der Waals surface area contributed by atoms with Crippen LogP contribution in [0.5, 0.6) is 0 Å². The lowest BCUT2D eigenvalue weighted by molar-refractivity contribution is -0.153. The van der Waals surface area contributed by atoms with Crippen molar-refractivity contribution < 1.29 is 26.7 Å². The third kappa shape index (κ3) is 4.44. The zero-order chi connectivity index (χ0) is 13.3. The Morgan fingerprint density at radius 2 is 1.94 bits per heavy atom. The Bertz CT molecular complexity index is 355. The highest BCUT2D eigenvalue weighted by Gasteiger charge is 2.43. The van der Waals surface area contributed by atoms with E-state index in [0.29, 0.717) is 6.42 Å². The summed E-state index contributed by atoms with van der Waals surface area (Å²) in [6.07, 6.45) is -5.14. The van der Waals surface area contributed by atoms with Crippen molar-refractivity contribution in [3.8, 4) is 0 Å². The van der Waals surface area contributed by atoms with Gasteiger partial charge in [0.15, 0.2) is 9.84 Å². The number of aliphatic hydroxyl groups is 1. The van der Waals surface area contributed by atoms with E-state index in [1.807, 2.05) is 0 Å². The molecule has 1 rings (SSSR count). The number of hydrogen-bond donors (Lipinski definition) is 1. The highest BCUT2D eigenvalue weighted by atomic mass is 32.2. The van der Waals surface area contributed by atoms with Crippen molar-refractivity contribution in [2.45, 2.75) is 31.7 Å². The Labute approximate surface area is 98.3 Å². The monoisotopic (exact) mass is 275 g/mol. The number of alkyl halides is 3. The molecule has 1 N–H and O–H groups in total. The molecule has 0 aliphatic carbocycles. The first-order valence-electron chi connectivity index (χ1n) is 5.34. The maximum atomic E-state index is 12.3. The molecule has 1 aliphatic rings. The fraction of sp³-hybridized carbons (Fsp3) is 1.00. The quantitative estimate of drug-likeness (QED) is 0.808. The van der Waals surface area contributed by atoms with Gasteiger partial charge < -0.3 is 5.11 Å². The summed E-state index contributed by atoms with van der Waals surface area (Å²) >= 11 is 0. The zero-order valence-electron chi connectivity index (χ0n) is 9.44. The van der Waals surface area contributed by atoms with Crippen LogP contribution in [0.4, 0.5) is 13.2 Å². The molecule has 0 saturated carbocycles. The van der Waals surface area contributed by atoms with Gasteiger partial charge in [0.2, 0.25) is 0 Å². The molecule has 2 atom stereocenters. The number of rotatable bonds is 4. The Morgan fingerprint density at radius 1 is 1.35 bits per heavy atom. The van der Waals surface area contributed by atoms with Crippen LogP contribution in [-0.4, -0.2) is 61.3 Å². The largest absolute Gasteiger partial charge is 0.401 e. The van der Waals surface area contributed by atoms with E-state index in [4.69, 9.17) is 0 Å². The Morgan fingerprint density at radius 3 is 2.29 bits per heavy atom. The molecule has 4 nitrogen and oxygen atoms in total. The summed E-state index contributed by atoms with van der Waals surface area (Å²) in [5, 5.41) is 9.53. The molecule has 0 aromatic carbocycles. The number of hydrogen-bond acceptors (Lipinski definition) is 4. The molecule has 2 unspecified atom stereocenters. The number of sulfone groups is 1. The van der Waals surface area contributed by atoms with E-state index in [2.05, 4.69) is 0 Å². The van der Waals surface area contributed by atoms with Gasteiger partial charge in [0.05, 0.1) is 30.2 Å². The topological polar surface area (TPSA) is 57.6 Å². The normalized spacial score (nSPS) is 28.8. The molecule has 0 aromatic heterocycles. The number of halogens is 3. The standard InChI is InChI=1S/C9H16F3NO3S/c1-2-3-13(6-9(10,11)12)7-4-17(15,16)5-8(7)14/h7-8,14H,2-6H2,1H3. The summed E-state index contributed by atoms with van der Waals surface area (Å²) in [6, 6.07) is -0.943. The van der Waals surface area contributed by atoms with Crippen molar-refractivity contribution in [2.24, 2.45) is 0 Å². The van der Waals surface area contributed by atoms with Crippen LogP contribution < -0.4 is 0 Å². The lowest BCUT2D eigenvalue weighted by atomic mass is 10.1. The average molecular weight is 275 g/mol. The fourth-order valence-electron chi connectivity index (χ4n) is 2.04. The van der Waals surface area contributed by atoms with Crippen LogP contribution in [0.25, 0.3) is 0 Å². The van der Waals surface area contributed by atoms with Gasteiger partial charge in [-0.3, -0.25) is 4.90 Å². The fourth-order valence-corrected chi connectivity index (χ4v) is 3.87. The summed E-state index contributed by atoms with van der Waals surface area (Å²) in [7, 11) is -3.42. The number of nitrogens with zero attached hydrogens (tertiary/aromatic N) is 1. The van der Waals surface area contributed by atoms with E-state index in [1.54, 1.807) is 6.92 Å². The molecule has 0 radical (unpaired) electrons. The van der Waals surface area contributed by atoms with Crippen molar-refractivity contribution >= 4 is 9.84 Å². The highest BCUT2D eigenvalue weighted by molar-refractivity contribution is 7.91. The molecular weight excluding hydrogens is 259 g/mol. The van der Waals surface area contributed by atoms with Gasteiger partial charge in [-0.2, -0.15) is 13.2 Å². The van der Waals surface area contributed by atoms with Gasteiger partial charge in [0.25, 0.3) is 0 Å². The molecule has 17 heavy (non-hydrogen) atoms. The van der Waals surface area contributed by atoms with Gasteiger partial charge >= 0.3 is 6.18 Å². The molecule has 1 saturated heterocycles. The number of aliphatic hydroxyl groups excluding tert-OH is 1. The Hall–Kier alpha value is -0.340. The van der Waals surface area contributed by atoms with Gasteiger partial charge in [-0.05, 0) is 13.0 Å². The highest BCUT2D eigenvalue weighted by Crippen LogP contribution is 2.24. The molecular formula is C9H16F3NO3S. The Kier molecular flexibility index (Phi) is 4.43. The summed E-state index contributed by atoms with van der Waals surface area (Å²) in [5.74, 6) is -0.847. The summed E-state index contributed by atoms with van der Waals surface area (Å²) in [4.78, 5) is 1.01. The minimum atomic E-state index is -4.39. The van der Waals surface area contributed by atoms with Crippen LogP contribution in [0.2, 0.25) is 0 Å². The molecule has 1 heterocycles. The SMILES string of the molecule is CCCN(CC(F)(F)F)C1CS(=O)(=O)CC1O. The van der Waals surface area contributed by atoms with Crippen LogP contribution >= 0.6 is 0 Å². The first kappa shape index (κ1) is 14.7. The second-order valence-corrected chi connectivity index (χ2v) is 6.45. The van der Waals surface area contributed by atoms with Crippen LogP contribution in [0.1, 0.15) is 13.3 Å². The van der Waals surface area contributed by atoms with Crippen LogP contribution in [0, 0.1) is 0 Å². The molecule has 0 amide bonds. The average Bonchev–Trinajstić information content (AvgIpc) is 2.36. The second kappa shape index (κ2) is 5.11. The van der Waals surface area contributed by atoms with Crippen molar-refractivity contribution in [3.05, 3.63) is 0 Å². The molecule has 1 aliphatic heterocycles. The van der Waals surface area contributed by atoms with E-state index >= 15 is 0 Å². The molecule has 1 fully saturated rings. The van der Waals surface area contributed by atoms with E-state index < -0.39 is 46.2 Å². The third-order valence-electron chi connectivity index (χ3n) is 2.66. The van der Waals surface area contributed by atoms with Gasteiger partial charge in [0, 0.05) is 0 Å². The summed E-state index contributed by atoms with van der Waals surface area (Å²) < 4.78 is 59.5. The first-order valence-corrected chi connectivity index (χ1v) is 7.16. The van der Waals surface area contributed by atoms with Crippen molar-refractivity contribution in [3.63, 3.8) is 0 Å². The minimum absolute atomic E-state index is 0.122. The van der Waals surface area contributed by atoms with Crippen molar-refractivity contribution in [1.82, 2.24) is 4.90 Å². The van der Waals surface area contributed by atoms with Gasteiger partial charge in [0.1, 0.15) is 0 Å². The Balaban J connectivity index is 2.78. The van der Waals surface area contributed by atoms with E-state index in [9.17, 15) is 26.7 Å². The van der Waals surface area contributed by atoms with Crippen molar-refractivity contribution in [2.75, 3.05) is 24.6 Å². The van der Waals surface area contributed by atoms with Crippen molar-refractivity contribution in [1.29, 1.82) is 0 Å². The maximum Gasteiger partial charge on any atom is 0.401 e. The molecule has 0 aromatic rings. The van der Waals surface area contributed by atoms with Crippen LogP contribution in [0.3, 0.4) is 0 Å². The van der Waals surface area contributed by atoms with Gasteiger partial charge in [-0.15, -0.1) is 0 Å². The van der Waals surface area contributed by atoms with E-state index in [0.717, 1.165) is 4.90 Å². The third-order valence-corrected chi connectivity index (χ3v) is 4.35. The predicted molar refractivity (Wildman–Crippen MR) is 56.4 cm³/mol. The van der Waals surface area contributed by atoms with E-state index in [-0.39, 0.29) is 6.54 Å². The summed E-state index contributed by atoms with van der Waals surface area (Å²) in [6.45, 7) is 0.647. The molecule has 8 heteroatoms. The smallest absolute Gasteiger partial charge is 0.390 e. The second-order valence-electron chi connectivity index (χ2n) is 4.30. The van der Waals surface area contributed by atoms with E-state index in [1.165, 1.54) is 0 Å².